The summed E-state index contributed by atoms with van der Waals surface area (Å²) in [4.78, 5) is 0.111. The third-order valence-electron chi connectivity index (χ3n) is 6.72. The molecule has 2 aromatic carbocycles. The molecule has 3 aromatic rings. The highest BCUT2D eigenvalue weighted by molar-refractivity contribution is 7.93. The van der Waals surface area contributed by atoms with E-state index >= 15 is 0 Å². The van der Waals surface area contributed by atoms with Gasteiger partial charge in [-0.2, -0.15) is 8.42 Å². The van der Waals surface area contributed by atoms with E-state index in [0.29, 0.717) is 35.4 Å². The van der Waals surface area contributed by atoms with Crippen molar-refractivity contribution in [3.05, 3.63) is 64.8 Å². The van der Waals surface area contributed by atoms with Crippen LogP contribution in [0.3, 0.4) is 0 Å². The molecule has 12 heteroatoms. The van der Waals surface area contributed by atoms with Gasteiger partial charge >= 0.3 is 0 Å². The first kappa shape index (κ1) is 33.0. The Bertz CT molecular complexity index is 1550. The third kappa shape index (κ3) is 8.98. The number of rotatable bonds is 15. The molecule has 0 unspecified atom stereocenters. The van der Waals surface area contributed by atoms with Gasteiger partial charge in [-0.05, 0) is 55.5 Å². The molecule has 0 bridgehead atoms. The van der Waals surface area contributed by atoms with Crippen LogP contribution in [0.1, 0.15) is 42.1 Å². The Labute approximate surface area is 246 Å². The molecule has 0 aliphatic carbocycles. The first-order valence-corrected chi connectivity index (χ1v) is 20.7. The maximum absolute atomic E-state index is 14.4. The molecule has 0 fully saturated rings. The fraction of sp³-hybridized carbons (Fsp3) is 0.483. The standard InChI is InChI=1S/C29H42N2O7S2Si/c1-8-9-12-25-19-24(20-37-39(4,32)33)15-16-26(25)27-13-10-11-14-28(27)40(34,35)31(21-36-17-18-41(5,6)7)29-22(2)23(3)30-38-29/h10-11,13-16,19H,8-9,12,17-18,20-21H2,1-7H3. The first-order chi connectivity index (χ1) is 19.1. The Morgan fingerprint density at radius 1 is 1.00 bits per heavy atom. The molecule has 9 nitrogen and oxygen atoms in total. The number of hydrogen-bond donors (Lipinski definition) is 0. The van der Waals surface area contributed by atoms with Crippen molar-refractivity contribution in [1.82, 2.24) is 5.16 Å². The number of aryl methyl sites for hydroxylation is 2. The molecule has 0 amide bonds. The van der Waals surface area contributed by atoms with E-state index in [-0.39, 0.29) is 24.1 Å². The minimum absolute atomic E-state index is 0.0924. The lowest BCUT2D eigenvalue weighted by molar-refractivity contribution is 0.153. The first-order valence-electron chi connectivity index (χ1n) is 13.7. The monoisotopic (exact) mass is 622 g/mol. The summed E-state index contributed by atoms with van der Waals surface area (Å²) in [5, 5.41) is 4.00. The minimum Gasteiger partial charge on any atom is -0.360 e. The maximum Gasteiger partial charge on any atom is 0.269 e. The molecule has 226 valence electrons. The van der Waals surface area contributed by atoms with E-state index in [2.05, 4.69) is 31.7 Å². The summed E-state index contributed by atoms with van der Waals surface area (Å²) in [7, 11) is -9.15. The van der Waals surface area contributed by atoms with E-state index in [1.165, 1.54) is 0 Å². The SMILES string of the molecule is CCCCc1cc(COS(C)(=O)=O)ccc1-c1ccccc1S(=O)(=O)N(COCC[Si](C)(C)C)c1onc(C)c1C. The molecule has 0 saturated heterocycles. The molecule has 0 radical (unpaired) electrons. The van der Waals surface area contributed by atoms with Crippen molar-refractivity contribution >= 4 is 34.1 Å². The normalized spacial score (nSPS) is 12.6. The summed E-state index contributed by atoms with van der Waals surface area (Å²) in [6.45, 7) is 12.5. The van der Waals surface area contributed by atoms with Crippen molar-refractivity contribution in [2.24, 2.45) is 0 Å². The van der Waals surface area contributed by atoms with Gasteiger partial charge in [-0.3, -0.25) is 4.18 Å². The molecule has 0 aliphatic heterocycles. The van der Waals surface area contributed by atoms with E-state index in [4.69, 9.17) is 13.4 Å². The zero-order valence-corrected chi connectivity index (χ0v) is 27.7. The van der Waals surface area contributed by atoms with Crippen LogP contribution in [0.15, 0.2) is 51.9 Å². The Hall–Kier alpha value is -2.51. The van der Waals surface area contributed by atoms with Crippen LogP contribution in [-0.4, -0.2) is 49.7 Å². The summed E-state index contributed by atoms with van der Waals surface area (Å²) < 4.78 is 69.4. The Morgan fingerprint density at radius 3 is 2.32 bits per heavy atom. The largest absolute Gasteiger partial charge is 0.360 e. The average molecular weight is 623 g/mol. The van der Waals surface area contributed by atoms with Crippen LogP contribution in [-0.2, 0) is 42.1 Å². The zero-order valence-electron chi connectivity index (χ0n) is 25.1. The van der Waals surface area contributed by atoms with Crippen LogP contribution in [0.4, 0.5) is 5.88 Å². The summed E-state index contributed by atoms with van der Waals surface area (Å²) in [6.07, 6.45) is 3.53. The summed E-state index contributed by atoms with van der Waals surface area (Å²) in [6, 6.07) is 13.2. The van der Waals surface area contributed by atoms with Crippen molar-refractivity contribution in [3.63, 3.8) is 0 Å². The van der Waals surface area contributed by atoms with Crippen LogP contribution in [0.25, 0.3) is 11.1 Å². The average Bonchev–Trinajstić information content (AvgIpc) is 3.22. The lowest BCUT2D eigenvalue weighted by Gasteiger charge is -2.25. The number of aromatic nitrogens is 1. The number of unbranched alkanes of at least 4 members (excludes halogenated alkanes) is 1. The Kier molecular flexibility index (Phi) is 11.0. The number of ether oxygens (including phenoxy) is 1. The Morgan fingerprint density at radius 2 is 1.71 bits per heavy atom. The number of nitrogens with zero attached hydrogens (tertiary/aromatic N) is 2. The van der Waals surface area contributed by atoms with Crippen molar-refractivity contribution in [2.45, 2.75) is 77.2 Å². The molecule has 0 N–H and O–H groups in total. The van der Waals surface area contributed by atoms with Gasteiger partial charge in [-0.15, -0.1) is 0 Å². The van der Waals surface area contributed by atoms with E-state index in [1.54, 1.807) is 44.2 Å². The fourth-order valence-electron chi connectivity index (χ4n) is 4.18. The van der Waals surface area contributed by atoms with Gasteiger partial charge in [-0.1, -0.05) is 74.5 Å². The van der Waals surface area contributed by atoms with Gasteiger partial charge in [0.25, 0.3) is 20.1 Å². The quantitative estimate of drug-likeness (QED) is 0.0841. The van der Waals surface area contributed by atoms with Gasteiger partial charge in [0.15, 0.2) is 0 Å². The van der Waals surface area contributed by atoms with Crippen LogP contribution >= 0.6 is 0 Å². The van der Waals surface area contributed by atoms with E-state index in [9.17, 15) is 16.8 Å². The van der Waals surface area contributed by atoms with Crippen molar-refractivity contribution in [2.75, 3.05) is 23.9 Å². The van der Waals surface area contributed by atoms with Gasteiger partial charge in [0.1, 0.15) is 6.73 Å². The highest BCUT2D eigenvalue weighted by Gasteiger charge is 2.33. The second-order valence-corrected chi connectivity index (χ2v) is 20.6. The van der Waals surface area contributed by atoms with Gasteiger partial charge in [0.05, 0.1) is 23.5 Å². The number of hydrogen-bond acceptors (Lipinski definition) is 8. The predicted octanol–water partition coefficient (Wildman–Crippen LogP) is 6.28. The van der Waals surface area contributed by atoms with Gasteiger partial charge < -0.3 is 9.26 Å². The predicted molar refractivity (Wildman–Crippen MR) is 165 cm³/mol. The smallest absolute Gasteiger partial charge is 0.269 e. The number of benzene rings is 2. The molecular formula is C29H42N2O7S2Si. The lowest BCUT2D eigenvalue weighted by Crippen LogP contribution is -2.34. The molecule has 1 heterocycles. The summed E-state index contributed by atoms with van der Waals surface area (Å²) >= 11 is 0. The highest BCUT2D eigenvalue weighted by atomic mass is 32.2. The Balaban J connectivity index is 2.08. The number of anilines is 1. The van der Waals surface area contributed by atoms with Crippen LogP contribution in [0.5, 0.6) is 0 Å². The molecule has 1 aromatic heterocycles. The summed E-state index contributed by atoms with van der Waals surface area (Å²) in [5.41, 5.74) is 4.12. The molecule has 0 saturated carbocycles. The molecule has 3 rings (SSSR count). The molecule has 0 spiro atoms. The molecule has 0 aliphatic rings. The number of sulfonamides is 1. The highest BCUT2D eigenvalue weighted by Crippen LogP contribution is 2.36. The molecule has 41 heavy (non-hydrogen) atoms. The van der Waals surface area contributed by atoms with Gasteiger partial charge in [0, 0.05) is 25.8 Å². The fourth-order valence-corrected chi connectivity index (χ4v) is 6.83. The van der Waals surface area contributed by atoms with Crippen molar-refractivity contribution in [1.29, 1.82) is 0 Å². The van der Waals surface area contributed by atoms with E-state index in [1.807, 2.05) is 12.1 Å². The second kappa shape index (κ2) is 13.6. The lowest BCUT2D eigenvalue weighted by atomic mass is 9.94. The van der Waals surface area contributed by atoms with Crippen molar-refractivity contribution in [3.8, 4) is 11.1 Å². The second-order valence-electron chi connectivity index (χ2n) is 11.5. The molecular weight excluding hydrogens is 581 g/mol. The van der Waals surface area contributed by atoms with Gasteiger partial charge in [0.2, 0.25) is 5.88 Å². The molecule has 0 atom stereocenters. The third-order valence-corrected chi connectivity index (χ3v) is 10.7. The van der Waals surface area contributed by atoms with Crippen molar-refractivity contribution < 1.29 is 30.3 Å². The topological polar surface area (TPSA) is 116 Å². The van der Waals surface area contributed by atoms with Crippen LogP contribution in [0.2, 0.25) is 25.7 Å². The zero-order chi connectivity index (χ0) is 30.4. The maximum atomic E-state index is 14.4. The van der Waals surface area contributed by atoms with E-state index < -0.39 is 28.2 Å². The van der Waals surface area contributed by atoms with Gasteiger partial charge in [-0.25, -0.2) is 12.7 Å². The minimum atomic E-state index is -4.15. The van der Waals surface area contributed by atoms with Crippen LogP contribution in [0, 0.1) is 13.8 Å². The van der Waals surface area contributed by atoms with Crippen LogP contribution < -0.4 is 4.31 Å². The van der Waals surface area contributed by atoms with E-state index in [0.717, 1.165) is 40.6 Å². The summed E-state index contributed by atoms with van der Waals surface area (Å²) in [5.74, 6) is 0.129.